The number of hydrogen-bond acceptors (Lipinski definition) is 5. The molecule has 0 saturated heterocycles. The van der Waals surface area contributed by atoms with Crippen molar-refractivity contribution >= 4 is 32.5 Å². The molecule has 0 aliphatic heterocycles. The molecule has 1 heterocycles. The molecule has 3 aromatic rings. The zero-order valence-corrected chi connectivity index (χ0v) is 15.2. The zero-order valence-electron chi connectivity index (χ0n) is 13.6. The van der Waals surface area contributed by atoms with Crippen LogP contribution < -0.4 is 10.1 Å². The Morgan fingerprint density at radius 3 is 2.71 bits per heavy atom. The van der Waals surface area contributed by atoms with E-state index in [0.717, 1.165) is 30.1 Å². The average molecular weight is 357 g/mol. The SMILES string of the molecule is COc1ccc(CNCCSSc2cccc3cccnc23)cc1. The van der Waals surface area contributed by atoms with Crippen LogP contribution in [0.15, 0.2) is 65.7 Å². The van der Waals surface area contributed by atoms with Gasteiger partial charge in [0.05, 0.1) is 12.6 Å². The molecule has 0 spiro atoms. The quantitative estimate of drug-likeness (QED) is 0.464. The second-order valence-corrected chi connectivity index (χ2v) is 7.72. The molecule has 0 unspecified atom stereocenters. The molecule has 0 radical (unpaired) electrons. The van der Waals surface area contributed by atoms with Crippen molar-refractivity contribution in [1.82, 2.24) is 10.3 Å². The van der Waals surface area contributed by atoms with Gasteiger partial charge in [0.2, 0.25) is 0 Å². The number of para-hydroxylation sites is 1. The third-order valence-electron chi connectivity index (χ3n) is 3.59. The summed E-state index contributed by atoms with van der Waals surface area (Å²) in [5, 5.41) is 4.67. The van der Waals surface area contributed by atoms with Gasteiger partial charge in [0.1, 0.15) is 5.75 Å². The van der Waals surface area contributed by atoms with E-state index in [1.54, 1.807) is 17.9 Å². The Kier molecular flexibility index (Phi) is 6.41. The molecule has 0 atom stereocenters. The Morgan fingerprint density at radius 2 is 1.88 bits per heavy atom. The van der Waals surface area contributed by atoms with E-state index in [1.807, 2.05) is 35.2 Å². The highest BCUT2D eigenvalue weighted by atomic mass is 33.1. The minimum absolute atomic E-state index is 0.880. The topological polar surface area (TPSA) is 34.1 Å². The van der Waals surface area contributed by atoms with Gasteiger partial charge in [-0.05, 0) is 29.8 Å². The number of rotatable bonds is 8. The van der Waals surface area contributed by atoms with Crippen molar-refractivity contribution in [2.75, 3.05) is 19.4 Å². The molecule has 0 aliphatic carbocycles. The first-order chi connectivity index (χ1) is 11.9. The van der Waals surface area contributed by atoms with E-state index in [2.05, 4.69) is 46.7 Å². The number of fused-ring (bicyclic) bond motifs is 1. The van der Waals surface area contributed by atoms with Crippen molar-refractivity contribution in [3.05, 3.63) is 66.4 Å². The lowest BCUT2D eigenvalue weighted by molar-refractivity contribution is 0.414. The van der Waals surface area contributed by atoms with Crippen molar-refractivity contribution in [3.63, 3.8) is 0 Å². The predicted molar refractivity (Wildman–Crippen MR) is 105 cm³/mol. The lowest BCUT2D eigenvalue weighted by atomic mass is 10.2. The number of pyridine rings is 1. The highest BCUT2D eigenvalue weighted by Gasteiger charge is 2.02. The molecule has 0 saturated carbocycles. The van der Waals surface area contributed by atoms with Gasteiger partial charge in [-0.3, -0.25) is 4.98 Å². The molecule has 0 bridgehead atoms. The first-order valence-electron chi connectivity index (χ1n) is 7.84. The van der Waals surface area contributed by atoms with Crippen LogP contribution in [0, 0.1) is 0 Å². The molecule has 2 aromatic carbocycles. The second kappa shape index (κ2) is 8.97. The minimum atomic E-state index is 0.880. The van der Waals surface area contributed by atoms with Gasteiger partial charge in [-0.1, -0.05) is 51.9 Å². The lowest BCUT2D eigenvalue weighted by Gasteiger charge is -2.07. The summed E-state index contributed by atoms with van der Waals surface area (Å²) in [5.41, 5.74) is 2.36. The first-order valence-corrected chi connectivity index (χ1v) is 10.2. The Morgan fingerprint density at radius 1 is 1.04 bits per heavy atom. The molecular weight excluding hydrogens is 336 g/mol. The van der Waals surface area contributed by atoms with Crippen molar-refractivity contribution in [2.24, 2.45) is 0 Å². The number of benzene rings is 2. The monoisotopic (exact) mass is 356 g/mol. The molecule has 124 valence electrons. The van der Waals surface area contributed by atoms with Gasteiger partial charge < -0.3 is 10.1 Å². The predicted octanol–water partition coefficient (Wildman–Crippen LogP) is 4.77. The Bertz CT molecular complexity index is 772. The van der Waals surface area contributed by atoms with Crippen LogP contribution in [0.2, 0.25) is 0 Å². The zero-order chi connectivity index (χ0) is 16.6. The smallest absolute Gasteiger partial charge is 0.118 e. The fraction of sp³-hybridized carbons (Fsp3) is 0.211. The van der Waals surface area contributed by atoms with Gasteiger partial charge in [0.25, 0.3) is 0 Å². The van der Waals surface area contributed by atoms with E-state index in [0.29, 0.717) is 0 Å². The molecular formula is C19H20N2OS2. The number of hydrogen-bond donors (Lipinski definition) is 1. The van der Waals surface area contributed by atoms with Crippen molar-refractivity contribution < 1.29 is 4.74 Å². The van der Waals surface area contributed by atoms with E-state index in [4.69, 9.17) is 4.74 Å². The number of nitrogens with one attached hydrogen (secondary N) is 1. The summed E-state index contributed by atoms with van der Waals surface area (Å²) in [6, 6.07) is 18.6. The summed E-state index contributed by atoms with van der Waals surface area (Å²) in [4.78, 5) is 5.72. The molecule has 1 N–H and O–H groups in total. The highest BCUT2D eigenvalue weighted by Crippen LogP contribution is 2.34. The molecule has 3 nitrogen and oxygen atoms in total. The van der Waals surface area contributed by atoms with Crippen LogP contribution in [0.3, 0.4) is 0 Å². The second-order valence-electron chi connectivity index (χ2n) is 5.26. The van der Waals surface area contributed by atoms with Crippen molar-refractivity contribution in [3.8, 4) is 5.75 Å². The normalized spacial score (nSPS) is 10.9. The summed E-state index contributed by atoms with van der Waals surface area (Å²) in [7, 11) is 5.34. The summed E-state index contributed by atoms with van der Waals surface area (Å²) in [6.45, 7) is 1.85. The third-order valence-corrected chi connectivity index (χ3v) is 5.98. The van der Waals surface area contributed by atoms with Gasteiger partial charge in [0, 0.05) is 35.3 Å². The van der Waals surface area contributed by atoms with Crippen LogP contribution in [0.5, 0.6) is 5.75 Å². The average Bonchev–Trinajstić information content (AvgIpc) is 2.65. The molecule has 5 heteroatoms. The van der Waals surface area contributed by atoms with E-state index < -0.39 is 0 Å². The Balaban J connectivity index is 1.40. The molecule has 3 rings (SSSR count). The first kappa shape index (κ1) is 17.1. The summed E-state index contributed by atoms with van der Waals surface area (Å²) >= 11 is 0. The third kappa shape index (κ3) is 4.66. The number of nitrogens with zero attached hydrogens (tertiary/aromatic N) is 1. The Labute approximate surface area is 150 Å². The maximum Gasteiger partial charge on any atom is 0.118 e. The summed E-state index contributed by atoms with van der Waals surface area (Å²) < 4.78 is 5.17. The highest BCUT2D eigenvalue weighted by molar-refractivity contribution is 8.76. The van der Waals surface area contributed by atoms with Crippen molar-refractivity contribution in [2.45, 2.75) is 11.4 Å². The summed E-state index contributed by atoms with van der Waals surface area (Å²) in [5.74, 6) is 1.94. The van der Waals surface area contributed by atoms with Gasteiger partial charge in [0.15, 0.2) is 0 Å². The lowest BCUT2D eigenvalue weighted by Crippen LogP contribution is -2.16. The largest absolute Gasteiger partial charge is 0.497 e. The van der Waals surface area contributed by atoms with Crippen LogP contribution >= 0.6 is 21.6 Å². The van der Waals surface area contributed by atoms with E-state index in [9.17, 15) is 0 Å². The molecule has 1 aromatic heterocycles. The molecule has 0 fully saturated rings. The number of ether oxygens (including phenoxy) is 1. The minimum Gasteiger partial charge on any atom is -0.497 e. The maximum absolute atomic E-state index is 5.17. The van der Waals surface area contributed by atoms with Gasteiger partial charge in [-0.15, -0.1) is 0 Å². The molecule has 0 amide bonds. The molecule has 0 aliphatic rings. The van der Waals surface area contributed by atoms with Crippen molar-refractivity contribution in [1.29, 1.82) is 0 Å². The van der Waals surface area contributed by atoms with Crippen LogP contribution in [0.4, 0.5) is 0 Å². The number of aromatic nitrogens is 1. The summed E-state index contributed by atoms with van der Waals surface area (Å²) in [6.07, 6.45) is 1.85. The van der Waals surface area contributed by atoms with Gasteiger partial charge >= 0.3 is 0 Å². The van der Waals surface area contributed by atoms with E-state index in [-0.39, 0.29) is 0 Å². The van der Waals surface area contributed by atoms with Gasteiger partial charge in [-0.25, -0.2) is 0 Å². The maximum atomic E-state index is 5.17. The fourth-order valence-electron chi connectivity index (χ4n) is 2.34. The van der Waals surface area contributed by atoms with E-state index >= 15 is 0 Å². The molecule has 24 heavy (non-hydrogen) atoms. The van der Waals surface area contributed by atoms with Crippen LogP contribution in [-0.2, 0) is 6.54 Å². The standard InChI is InChI=1S/C19H20N2OS2/c1-22-17-9-7-15(8-10-17)14-20-12-13-23-24-18-6-2-4-16-5-3-11-21-19(16)18/h2-11,20H,12-14H2,1H3. The van der Waals surface area contributed by atoms with Crippen LogP contribution in [0.25, 0.3) is 10.9 Å². The van der Waals surface area contributed by atoms with Crippen LogP contribution in [-0.4, -0.2) is 24.4 Å². The Hall–Kier alpha value is -1.69. The number of methoxy groups -OCH3 is 1. The fourth-order valence-corrected chi connectivity index (χ4v) is 4.44. The van der Waals surface area contributed by atoms with Gasteiger partial charge in [-0.2, -0.15) is 0 Å². The van der Waals surface area contributed by atoms with Crippen LogP contribution in [0.1, 0.15) is 5.56 Å². The van der Waals surface area contributed by atoms with E-state index in [1.165, 1.54) is 15.8 Å².